The molecule has 0 amide bonds. The third-order valence-corrected chi connectivity index (χ3v) is 2.91. The first-order valence-corrected chi connectivity index (χ1v) is 6.74. The molecule has 1 heterocycles. The molecule has 4 nitrogen and oxygen atoms in total. The van der Waals surface area contributed by atoms with Crippen LogP contribution in [-0.4, -0.2) is 18.6 Å². The average molecular weight is 272 g/mol. The van der Waals surface area contributed by atoms with Gasteiger partial charge >= 0.3 is 0 Å². The molecule has 2 aromatic rings. The standard InChI is InChI=1S/C16H20N2O2/c1-3-17-11-13-7-8-15(16(10-13)19-2)20-12-14-6-4-5-9-18-14/h4-10,17H,3,11-12H2,1-2H3. The van der Waals surface area contributed by atoms with E-state index in [0.717, 1.165) is 30.3 Å². The van der Waals surface area contributed by atoms with E-state index >= 15 is 0 Å². The number of nitrogens with zero attached hydrogens (tertiary/aromatic N) is 1. The van der Waals surface area contributed by atoms with Gasteiger partial charge in [-0.15, -0.1) is 0 Å². The largest absolute Gasteiger partial charge is 0.493 e. The van der Waals surface area contributed by atoms with Crippen molar-refractivity contribution in [1.82, 2.24) is 10.3 Å². The third kappa shape index (κ3) is 3.96. The highest BCUT2D eigenvalue weighted by molar-refractivity contribution is 5.43. The number of hydrogen-bond acceptors (Lipinski definition) is 4. The molecule has 0 radical (unpaired) electrons. The molecule has 0 spiro atoms. The van der Waals surface area contributed by atoms with Crippen molar-refractivity contribution in [3.05, 3.63) is 53.9 Å². The predicted octanol–water partition coefficient (Wildman–Crippen LogP) is 2.78. The minimum Gasteiger partial charge on any atom is -0.493 e. The van der Waals surface area contributed by atoms with E-state index in [2.05, 4.69) is 17.2 Å². The fraction of sp³-hybridized carbons (Fsp3) is 0.312. The molecule has 0 saturated heterocycles. The Balaban J connectivity index is 2.03. The van der Waals surface area contributed by atoms with Gasteiger partial charge in [-0.05, 0) is 36.4 Å². The summed E-state index contributed by atoms with van der Waals surface area (Å²) in [6.07, 6.45) is 1.76. The predicted molar refractivity (Wildman–Crippen MR) is 78.9 cm³/mol. The van der Waals surface area contributed by atoms with Crippen molar-refractivity contribution in [2.24, 2.45) is 0 Å². The van der Waals surface area contributed by atoms with Crippen molar-refractivity contribution in [3.63, 3.8) is 0 Å². The van der Waals surface area contributed by atoms with Gasteiger partial charge in [0, 0.05) is 12.7 Å². The van der Waals surface area contributed by atoms with Gasteiger partial charge in [-0.25, -0.2) is 0 Å². The van der Waals surface area contributed by atoms with E-state index in [1.54, 1.807) is 13.3 Å². The highest BCUT2D eigenvalue weighted by Crippen LogP contribution is 2.28. The fourth-order valence-electron chi connectivity index (χ4n) is 1.85. The number of ether oxygens (including phenoxy) is 2. The Morgan fingerprint density at radius 3 is 2.75 bits per heavy atom. The van der Waals surface area contributed by atoms with Crippen molar-refractivity contribution in [2.45, 2.75) is 20.1 Å². The summed E-state index contributed by atoms with van der Waals surface area (Å²) in [6.45, 7) is 4.29. The summed E-state index contributed by atoms with van der Waals surface area (Å²) in [5, 5.41) is 3.29. The van der Waals surface area contributed by atoms with Crippen molar-refractivity contribution in [1.29, 1.82) is 0 Å². The Morgan fingerprint density at radius 2 is 2.05 bits per heavy atom. The fourth-order valence-corrected chi connectivity index (χ4v) is 1.85. The highest BCUT2D eigenvalue weighted by atomic mass is 16.5. The van der Waals surface area contributed by atoms with Gasteiger partial charge in [0.2, 0.25) is 0 Å². The summed E-state index contributed by atoms with van der Waals surface area (Å²) in [6, 6.07) is 11.7. The smallest absolute Gasteiger partial charge is 0.161 e. The molecule has 0 aliphatic heterocycles. The Labute approximate surface area is 119 Å². The van der Waals surface area contributed by atoms with E-state index in [-0.39, 0.29) is 0 Å². The quantitative estimate of drug-likeness (QED) is 0.841. The van der Waals surface area contributed by atoms with Crippen LogP contribution in [-0.2, 0) is 13.2 Å². The van der Waals surface area contributed by atoms with Crippen LogP contribution in [0.4, 0.5) is 0 Å². The number of pyridine rings is 1. The van der Waals surface area contributed by atoms with Crippen LogP contribution in [0.15, 0.2) is 42.6 Å². The molecule has 4 heteroatoms. The topological polar surface area (TPSA) is 43.4 Å². The summed E-state index contributed by atoms with van der Waals surface area (Å²) in [4.78, 5) is 4.23. The van der Waals surface area contributed by atoms with E-state index in [0.29, 0.717) is 6.61 Å². The maximum absolute atomic E-state index is 5.77. The van der Waals surface area contributed by atoms with Crippen molar-refractivity contribution in [3.8, 4) is 11.5 Å². The normalized spacial score (nSPS) is 10.3. The van der Waals surface area contributed by atoms with E-state index in [1.807, 2.05) is 36.4 Å². The van der Waals surface area contributed by atoms with Gasteiger partial charge < -0.3 is 14.8 Å². The van der Waals surface area contributed by atoms with Crippen LogP contribution in [0.2, 0.25) is 0 Å². The molecule has 20 heavy (non-hydrogen) atoms. The second kappa shape index (κ2) is 7.50. The second-order valence-corrected chi connectivity index (χ2v) is 4.38. The van der Waals surface area contributed by atoms with Crippen LogP contribution < -0.4 is 14.8 Å². The SMILES string of the molecule is CCNCc1ccc(OCc2ccccn2)c(OC)c1. The van der Waals surface area contributed by atoms with E-state index in [9.17, 15) is 0 Å². The maximum Gasteiger partial charge on any atom is 0.161 e. The van der Waals surface area contributed by atoms with Gasteiger partial charge in [0.15, 0.2) is 11.5 Å². The minimum atomic E-state index is 0.434. The molecule has 0 unspecified atom stereocenters. The lowest BCUT2D eigenvalue weighted by Gasteiger charge is -2.12. The summed E-state index contributed by atoms with van der Waals surface area (Å²) in [5.41, 5.74) is 2.07. The maximum atomic E-state index is 5.77. The van der Waals surface area contributed by atoms with Crippen LogP contribution >= 0.6 is 0 Å². The van der Waals surface area contributed by atoms with Gasteiger partial charge in [-0.2, -0.15) is 0 Å². The van der Waals surface area contributed by atoms with E-state index in [1.165, 1.54) is 5.56 Å². The molecular formula is C16H20N2O2. The molecule has 0 aliphatic rings. The molecule has 0 bridgehead atoms. The Bertz CT molecular complexity index is 529. The van der Waals surface area contributed by atoms with Crippen molar-refractivity contribution < 1.29 is 9.47 Å². The minimum absolute atomic E-state index is 0.434. The first kappa shape index (κ1) is 14.3. The van der Waals surface area contributed by atoms with Gasteiger partial charge in [0.1, 0.15) is 6.61 Å². The van der Waals surface area contributed by atoms with Crippen molar-refractivity contribution in [2.75, 3.05) is 13.7 Å². The Morgan fingerprint density at radius 1 is 1.15 bits per heavy atom. The van der Waals surface area contributed by atoms with E-state index in [4.69, 9.17) is 9.47 Å². The van der Waals surface area contributed by atoms with Gasteiger partial charge in [0.25, 0.3) is 0 Å². The first-order chi connectivity index (χ1) is 9.83. The number of hydrogen-bond donors (Lipinski definition) is 1. The molecule has 0 atom stereocenters. The van der Waals surface area contributed by atoms with Gasteiger partial charge in [-0.1, -0.05) is 19.1 Å². The Kier molecular flexibility index (Phi) is 5.38. The molecule has 106 valence electrons. The Hall–Kier alpha value is -2.07. The lowest BCUT2D eigenvalue weighted by molar-refractivity contribution is 0.280. The lowest BCUT2D eigenvalue weighted by atomic mass is 10.2. The molecule has 0 saturated carbocycles. The van der Waals surface area contributed by atoms with Crippen LogP contribution in [0.3, 0.4) is 0 Å². The molecule has 1 aromatic carbocycles. The summed E-state index contributed by atoms with van der Waals surface area (Å²) in [7, 11) is 1.65. The number of aromatic nitrogens is 1. The molecule has 0 fully saturated rings. The molecule has 1 aromatic heterocycles. The van der Waals surface area contributed by atoms with E-state index < -0.39 is 0 Å². The lowest BCUT2D eigenvalue weighted by Crippen LogP contribution is -2.11. The monoisotopic (exact) mass is 272 g/mol. The molecule has 2 rings (SSSR count). The molecule has 1 N–H and O–H groups in total. The van der Waals surface area contributed by atoms with Crippen LogP contribution in [0.5, 0.6) is 11.5 Å². The molecule has 0 aliphatic carbocycles. The number of methoxy groups -OCH3 is 1. The van der Waals surface area contributed by atoms with Crippen LogP contribution in [0.25, 0.3) is 0 Å². The van der Waals surface area contributed by atoms with Crippen LogP contribution in [0, 0.1) is 0 Å². The first-order valence-electron chi connectivity index (χ1n) is 6.74. The number of rotatable bonds is 7. The summed E-state index contributed by atoms with van der Waals surface area (Å²) < 4.78 is 11.1. The highest BCUT2D eigenvalue weighted by Gasteiger charge is 2.06. The van der Waals surface area contributed by atoms with Gasteiger partial charge in [-0.3, -0.25) is 4.98 Å². The zero-order valence-corrected chi connectivity index (χ0v) is 11.9. The number of benzene rings is 1. The number of nitrogens with one attached hydrogen (secondary N) is 1. The summed E-state index contributed by atoms with van der Waals surface area (Å²) >= 11 is 0. The third-order valence-electron chi connectivity index (χ3n) is 2.91. The average Bonchev–Trinajstić information content (AvgIpc) is 2.52. The van der Waals surface area contributed by atoms with Crippen LogP contribution in [0.1, 0.15) is 18.2 Å². The second-order valence-electron chi connectivity index (χ2n) is 4.38. The molecular weight excluding hydrogens is 252 g/mol. The zero-order chi connectivity index (χ0) is 14.2. The summed E-state index contributed by atoms with van der Waals surface area (Å²) in [5.74, 6) is 1.48. The van der Waals surface area contributed by atoms with Gasteiger partial charge in [0.05, 0.1) is 12.8 Å². The zero-order valence-electron chi connectivity index (χ0n) is 11.9. The van der Waals surface area contributed by atoms with Crippen molar-refractivity contribution >= 4 is 0 Å².